The molecule has 0 aliphatic carbocycles. The summed E-state index contributed by atoms with van der Waals surface area (Å²) in [6, 6.07) is 8.55. The zero-order valence-corrected chi connectivity index (χ0v) is 13.2. The average Bonchev–Trinajstić information content (AvgIpc) is 2.77. The third-order valence-corrected chi connectivity index (χ3v) is 4.03. The van der Waals surface area contributed by atoms with Gasteiger partial charge >= 0.3 is 0 Å². The molecular formula is C14H14IN5. The number of nitrogen functional groups attached to an aromatic ring is 1. The van der Waals surface area contributed by atoms with Gasteiger partial charge in [-0.1, -0.05) is 31.2 Å². The molecule has 6 heteroatoms. The number of hydrogen-bond acceptors (Lipinski definition) is 4. The molecule has 0 bridgehead atoms. The summed E-state index contributed by atoms with van der Waals surface area (Å²) in [7, 11) is 0. The molecule has 0 saturated carbocycles. The molecule has 0 unspecified atom stereocenters. The van der Waals surface area contributed by atoms with Crippen molar-refractivity contribution in [1.29, 1.82) is 0 Å². The normalized spacial score (nSPS) is 11.1. The van der Waals surface area contributed by atoms with Crippen LogP contribution in [0.1, 0.15) is 18.1 Å². The molecule has 0 saturated heterocycles. The highest BCUT2D eigenvalue weighted by molar-refractivity contribution is 14.1. The minimum Gasteiger partial charge on any atom is -0.383 e. The van der Waals surface area contributed by atoms with E-state index in [4.69, 9.17) is 5.73 Å². The first kappa shape index (κ1) is 13.3. The van der Waals surface area contributed by atoms with Crippen molar-refractivity contribution in [2.75, 3.05) is 5.73 Å². The van der Waals surface area contributed by atoms with Gasteiger partial charge in [-0.25, -0.2) is 14.6 Å². The molecule has 2 N–H and O–H groups in total. The molecule has 0 atom stereocenters. The molecule has 0 amide bonds. The summed E-state index contributed by atoms with van der Waals surface area (Å²) in [4.78, 5) is 8.32. The Morgan fingerprint density at radius 3 is 2.55 bits per heavy atom. The molecule has 5 nitrogen and oxygen atoms in total. The van der Waals surface area contributed by atoms with E-state index in [1.54, 1.807) is 0 Å². The zero-order chi connectivity index (χ0) is 14.1. The summed E-state index contributed by atoms with van der Waals surface area (Å²) in [5.41, 5.74) is 9.20. The molecule has 102 valence electrons. The van der Waals surface area contributed by atoms with Crippen molar-refractivity contribution < 1.29 is 0 Å². The van der Waals surface area contributed by atoms with E-state index in [-0.39, 0.29) is 0 Å². The lowest BCUT2D eigenvalue weighted by Gasteiger charge is -2.04. The topological polar surface area (TPSA) is 69.6 Å². The zero-order valence-electron chi connectivity index (χ0n) is 11.0. The molecule has 0 aliphatic rings. The van der Waals surface area contributed by atoms with E-state index in [0.717, 1.165) is 21.2 Å². The lowest BCUT2D eigenvalue weighted by molar-refractivity contribution is 0.697. The highest BCUT2D eigenvalue weighted by atomic mass is 127. The van der Waals surface area contributed by atoms with Gasteiger partial charge in [-0.3, -0.25) is 0 Å². The standard InChI is InChI=1S/C14H14IN5/c1-2-9-3-5-10(6-4-9)7-20-14-11(12(15)19-20)13(16)17-8-18-14/h3-6,8H,2,7H2,1H3,(H2,16,17,18). The molecule has 2 heterocycles. The average molecular weight is 379 g/mol. The predicted molar refractivity (Wildman–Crippen MR) is 87.4 cm³/mol. The smallest absolute Gasteiger partial charge is 0.164 e. The van der Waals surface area contributed by atoms with Crippen LogP contribution in [0.15, 0.2) is 30.6 Å². The maximum atomic E-state index is 5.89. The quantitative estimate of drug-likeness (QED) is 0.711. The van der Waals surface area contributed by atoms with Gasteiger partial charge in [0, 0.05) is 0 Å². The van der Waals surface area contributed by atoms with Crippen LogP contribution in [0.2, 0.25) is 0 Å². The summed E-state index contributed by atoms with van der Waals surface area (Å²) < 4.78 is 2.71. The van der Waals surface area contributed by atoms with Crippen LogP contribution in [-0.2, 0) is 13.0 Å². The van der Waals surface area contributed by atoms with E-state index in [1.807, 2.05) is 4.68 Å². The van der Waals surface area contributed by atoms with Crippen LogP contribution in [0.4, 0.5) is 5.82 Å². The lowest BCUT2D eigenvalue weighted by Crippen LogP contribution is -2.03. The van der Waals surface area contributed by atoms with Gasteiger partial charge in [-0.2, -0.15) is 5.10 Å². The Morgan fingerprint density at radius 1 is 1.15 bits per heavy atom. The SMILES string of the molecule is CCc1ccc(Cn2nc(I)c3c(N)ncnc32)cc1. The van der Waals surface area contributed by atoms with E-state index in [9.17, 15) is 0 Å². The number of nitrogens with zero attached hydrogens (tertiary/aromatic N) is 4. The van der Waals surface area contributed by atoms with Gasteiger partial charge in [0.05, 0.1) is 11.9 Å². The Kier molecular flexibility index (Phi) is 3.56. The Labute approximate surface area is 130 Å². The summed E-state index contributed by atoms with van der Waals surface area (Å²) >= 11 is 2.17. The number of nitrogens with two attached hydrogens (primary N) is 1. The van der Waals surface area contributed by atoms with Crippen molar-refractivity contribution in [2.24, 2.45) is 0 Å². The predicted octanol–water partition coefficient (Wildman–Crippen LogP) is 2.62. The summed E-state index contributed by atoms with van der Waals surface area (Å²) in [5.74, 6) is 0.479. The first-order valence-electron chi connectivity index (χ1n) is 6.39. The highest BCUT2D eigenvalue weighted by Gasteiger charge is 2.13. The number of hydrogen-bond donors (Lipinski definition) is 1. The maximum absolute atomic E-state index is 5.89. The summed E-state index contributed by atoms with van der Waals surface area (Å²) in [6.45, 7) is 2.83. The number of halogens is 1. The highest BCUT2D eigenvalue weighted by Crippen LogP contribution is 2.23. The van der Waals surface area contributed by atoms with Crippen molar-refractivity contribution in [2.45, 2.75) is 19.9 Å². The van der Waals surface area contributed by atoms with E-state index in [0.29, 0.717) is 12.4 Å². The second-order valence-electron chi connectivity index (χ2n) is 4.58. The van der Waals surface area contributed by atoms with Crippen LogP contribution in [-0.4, -0.2) is 19.7 Å². The Balaban J connectivity index is 2.00. The Morgan fingerprint density at radius 2 is 1.85 bits per heavy atom. The van der Waals surface area contributed by atoms with Gasteiger partial charge in [0.1, 0.15) is 15.8 Å². The van der Waals surface area contributed by atoms with Gasteiger partial charge in [0.2, 0.25) is 0 Å². The number of aryl methyl sites for hydroxylation is 1. The number of anilines is 1. The van der Waals surface area contributed by atoms with Gasteiger partial charge in [-0.05, 0) is 40.1 Å². The van der Waals surface area contributed by atoms with E-state index in [1.165, 1.54) is 17.5 Å². The van der Waals surface area contributed by atoms with E-state index >= 15 is 0 Å². The number of fused-ring (bicyclic) bond motifs is 1. The summed E-state index contributed by atoms with van der Waals surface area (Å²) in [5, 5.41) is 5.34. The number of rotatable bonds is 3. The molecule has 20 heavy (non-hydrogen) atoms. The first-order valence-corrected chi connectivity index (χ1v) is 7.47. The Bertz CT molecular complexity index is 748. The van der Waals surface area contributed by atoms with Crippen LogP contribution in [0, 0.1) is 3.70 Å². The monoisotopic (exact) mass is 379 g/mol. The number of aromatic nitrogens is 4. The molecule has 0 spiro atoms. The molecule has 0 fully saturated rings. The maximum Gasteiger partial charge on any atom is 0.164 e. The van der Waals surface area contributed by atoms with Crippen molar-refractivity contribution in [3.8, 4) is 0 Å². The minimum atomic E-state index is 0.479. The van der Waals surface area contributed by atoms with E-state index in [2.05, 4.69) is 68.8 Å². The van der Waals surface area contributed by atoms with Crippen LogP contribution < -0.4 is 5.73 Å². The van der Waals surface area contributed by atoms with Gasteiger partial charge in [0.25, 0.3) is 0 Å². The van der Waals surface area contributed by atoms with Gasteiger partial charge in [-0.15, -0.1) is 0 Å². The molecule has 2 aromatic heterocycles. The first-order chi connectivity index (χ1) is 9.69. The van der Waals surface area contributed by atoms with Crippen molar-refractivity contribution in [3.63, 3.8) is 0 Å². The number of benzene rings is 1. The van der Waals surface area contributed by atoms with E-state index < -0.39 is 0 Å². The lowest BCUT2D eigenvalue weighted by atomic mass is 10.1. The van der Waals surface area contributed by atoms with Crippen molar-refractivity contribution in [3.05, 3.63) is 45.4 Å². The molecule has 3 rings (SSSR count). The largest absolute Gasteiger partial charge is 0.383 e. The third kappa shape index (κ3) is 2.35. The van der Waals surface area contributed by atoms with Crippen LogP contribution in [0.25, 0.3) is 11.0 Å². The van der Waals surface area contributed by atoms with Crippen molar-refractivity contribution >= 4 is 39.4 Å². The molecule has 0 radical (unpaired) electrons. The Hall–Kier alpha value is -1.70. The van der Waals surface area contributed by atoms with Gasteiger partial charge < -0.3 is 5.73 Å². The van der Waals surface area contributed by atoms with Crippen molar-refractivity contribution in [1.82, 2.24) is 19.7 Å². The fourth-order valence-electron chi connectivity index (χ4n) is 2.15. The van der Waals surface area contributed by atoms with Crippen LogP contribution in [0.3, 0.4) is 0 Å². The second kappa shape index (κ2) is 5.35. The molecule has 1 aromatic carbocycles. The molecule has 3 aromatic rings. The molecular weight excluding hydrogens is 365 g/mol. The summed E-state index contributed by atoms with van der Waals surface area (Å²) in [6.07, 6.45) is 2.53. The van der Waals surface area contributed by atoms with Gasteiger partial charge in [0.15, 0.2) is 5.65 Å². The van der Waals surface area contributed by atoms with Crippen LogP contribution >= 0.6 is 22.6 Å². The third-order valence-electron chi connectivity index (χ3n) is 3.28. The second-order valence-corrected chi connectivity index (χ2v) is 5.60. The van der Waals surface area contributed by atoms with Crippen LogP contribution in [0.5, 0.6) is 0 Å². The fourth-order valence-corrected chi connectivity index (χ4v) is 2.93. The fraction of sp³-hybridized carbons (Fsp3) is 0.214. The minimum absolute atomic E-state index is 0.479. The molecule has 0 aliphatic heterocycles.